The Hall–Kier alpha value is -2.97. The van der Waals surface area contributed by atoms with Gasteiger partial charge in [0.1, 0.15) is 12.4 Å². The second-order valence-corrected chi connectivity index (χ2v) is 5.63. The highest BCUT2D eigenvalue weighted by atomic mass is 19.4. The Morgan fingerprint density at radius 3 is 2.37 bits per heavy atom. The first-order valence-corrected chi connectivity index (χ1v) is 8.00. The van der Waals surface area contributed by atoms with Crippen molar-refractivity contribution in [2.24, 2.45) is 0 Å². The predicted molar refractivity (Wildman–Crippen MR) is 89.9 cm³/mol. The molecule has 27 heavy (non-hydrogen) atoms. The van der Waals surface area contributed by atoms with Crippen molar-refractivity contribution in [3.05, 3.63) is 59.9 Å². The second kappa shape index (κ2) is 9.11. The van der Waals surface area contributed by atoms with Gasteiger partial charge in [-0.05, 0) is 25.1 Å². The molecule has 0 aliphatic heterocycles. The second-order valence-electron chi connectivity index (χ2n) is 5.63. The molecule has 0 bridgehead atoms. The van der Waals surface area contributed by atoms with Crippen molar-refractivity contribution in [3.8, 4) is 11.5 Å². The number of halogens is 4. The van der Waals surface area contributed by atoms with E-state index in [1.54, 1.807) is 13.0 Å². The molecule has 1 atom stereocenters. The highest BCUT2D eigenvalue weighted by Gasteiger charge is 2.32. The Balaban J connectivity index is 1.81. The smallest absolute Gasteiger partial charge is 0.488 e. The maximum absolute atomic E-state index is 13.4. The molecule has 0 heterocycles. The molecule has 0 radical (unpaired) electrons. The number of nitrogens with one attached hydrogen (secondary N) is 2. The number of alkyl halides is 3. The van der Waals surface area contributed by atoms with Gasteiger partial charge in [0.25, 0.3) is 0 Å². The quantitative estimate of drug-likeness (QED) is 0.708. The number of amides is 2. The molecule has 5 nitrogen and oxygen atoms in total. The van der Waals surface area contributed by atoms with E-state index in [4.69, 9.17) is 4.74 Å². The largest absolute Gasteiger partial charge is 0.573 e. The number of carbonyl (C=O) groups is 1. The zero-order chi connectivity index (χ0) is 19.9. The Morgan fingerprint density at radius 1 is 1.07 bits per heavy atom. The van der Waals surface area contributed by atoms with E-state index in [9.17, 15) is 22.4 Å². The lowest BCUT2D eigenvalue weighted by molar-refractivity contribution is -0.274. The number of hydrogen-bond acceptors (Lipinski definition) is 3. The van der Waals surface area contributed by atoms with Gasteiger partial charge in [0, 0.05) is 12.1 Å². The third-order valence-corrected chi connectivity index (χ3v) is 3.34. The average molecular weight is 386 g/mol. The van der Waals surface area contributed by atoms with E-state index in [1.165, 1.54) is 36.4 Å². The van der Waals surface area contributed by atoms with Crippen molar-refractivity contribution in [1.82, 2.24) is 10.6 Å². The van der Waals surface area contributed by atoms with E-state index < -0.39 is 24.3 Å². The molecule has 2 rings (SSSR count). The Bertz CT molecular complexity index is 768. The summed E-state index contributed by atoms with van der Waals surface area (Å²) in [6.45, 7) is 1.49. The first kappa shape index (κ1) is 20.3. The van der Waals surface area contributed by atoms with Gasteiger partial charge in [-0.3, -0.25) is 0 Å². The Kier molecular flexibility index (Phi) is 6.86. The summed E-state index contributed by atoms with van der Waals surface area (Å²) in [5.41, 5.74) is 0.167. The Labute approximate surface area is 153 Å². The predicted octanol–water partition coefficient (Wildman–Crippen LogP) is 3.99. The van der Waals surface area contributed by atoms with Gasteiger partial charge in [0.2, 0.25) is 0 Å². The summed E-state index contributed by atoms with van der Waals surface area (Å²) in [7, 11) is 0. The van der Waals surface area contributed by atoms with Gasteiger partial charge in [-0.1, -0.05) is 30.3 Å². The maximum atomic E-state index is 13.4. The molecule has 2 N–H and O–H groups in total. The molecule has 2 aromatic rings. The number of urea groups is 1. The van der Waals surface area contributed by atoms with Crippen molar-refractivity contribution in [3.63, 3.8) is 0 Å². The van der Waals surface area contributed by atoms with E-state index in [0.717, 1.165) is 6.07 Å². The van der Waals surface area contributed by atoms with E-state index >= 15 is 0 Å². The van der Waals surface area contributed by atoms with Gasteiger partial charge in [0.05, 0.1) is 6.04 Å². The minimum atomic E-state index is -4.82. The molecule has 0 spiro atoms. The van der Waals surface area contributed by atoms with Crippen LogP contribution in [-0.2, 0) is 6.54 Å². The molecule has 9 heteroatoms. The van der Waals surface area contributed by atoms with Crippen LogP contribution in [0.25, 0.3) is 0 Å². The van der Waals surface area contributed by atoms with Gasteiger partial charge in [0.15, 0.2) is 11.6 Å². The van der Waals surface area contributed by atoms with Crippen molar-refractivity contribution in [2.75, 3.05) is 6.61 Å². The first-order valence-electron chi connectivity index (χ1n) is 8.00. The van der Waals surface area contributed by atoms with Crippen LogP contribution in [-0.4, -0.2) is 25.0 Å². The average Bonchev–Trinajstić information content (AvgIpc) is 2.59. The summed E-state index contributed by atoms with van der Waals surface area (Å²) in [5.74, 6) is -0.846. The topological polar surface area (TPSA) is 59.6 Å². The highest BCUT2D eigenvalue weighted by molar-refractivity contribution is 5.74. The van der Waals surface area contributed by atoms with E-state index in [0.29, 0.717) is 0 Å². The summed E-state index contributed by atoms with van der Waals surface area (Å²) >= 11 is 0. The fourth-order valence-corrected chi connectivity index (χ4v) is 2.14. The van der Waals surface area contributed by atoms with Gasteiger partial charge in [-0.15, -0.1) is 13.2 Å². The molecule has 0 aliphatic carbocycles. The minimum Gasteiger partial charge on any atom is -0.488 e. The molecule has 0 fully saturated rings. The molecular formula is C18H18F4N2O3. The van der Waals surface area contributed by atoms with E-state index in [2.05, 4.69) is 15.4 Å². The van der Waals surface area contributed by atoms with Crippen LogP contribution in [0.15, 0.2) is 48.5 Å². The molecule has 2 aromatic carbocycles. The number of benzene rings is 2. The number of ether oxygens (including phenoxy) is 2. The van der Waals surface area contributed by atoms with Crippen LogP contribution >= 0.6 is 0 Å². The summed E-state index contributed by atoms with van der Waals surface area (Å²) in [5, 5.41) is 4.99. The zero-order valence-corrected chi connectivity index (χ0v) is 14.3. The van der Waals surface area contributed by atoms with Crippen LogP contribution in [0.4, 0.5) is 22.4 Å². The number of hydrogen-bond donors (Lipinski definition) is 2. The molecule has 0 saturated heterocycles. The Morgan fingerprint density at radius 2 is 1.70 bits per heavy atom. The fourth-order valence-electron chi connectivity index (χ4n) is 2.14. The molecule has 0 saturated carbocycles. The van der Waals surface area contributed by atoms with Gasteiger partial charge in [-0.2, -0.15) is 0 Å². The molecule has 2 amide bonds. The lowest BCUT2D eigenvalue weighted by atomic mass is 10.2. The third kappa shape index (κ3) is 7.04. The van der Waals surface area contributed by atoms with Crippen molar-refractivity contribution < 1.29 is 31.8 Å². The van der Waals surface area contributed by atoms with E-state index in [-0.39, 0.29) is 30.2 Å². The van der Waals surface area contributed by atoms with Crippen molar-refractivity contribution in [2.45, 2.75) is 25.9 Å². The van der Waals surface area contributed by atoms with Crippen LogP contribution in [0.5, 0.6) is 11.5 Å². The standard InChI is InChI=1S/C18H18F4N2O3/c1-12(11-26-16-9-5-3-7-14(16)19)24-17(25)23-10-13-6-2-4-8-15(13)27-18(20,21)22/h2-9,12H,10-11H2,1H3,(H2,23,24,25). The lowest BCUT2D eigenvalue weighted by Gasteiger charge is -2.17. The zero-order valence-electron chi connectivity index (χ0n) is 14.3. The highest BCUT2D eigenvalue weighted by Crippen LogP contribution is 2.26. The summed E-state index contributed by atoms with van der Waals surface area (Å²) in [6, 6.07) is 10.3. The van der Waals surface area contributed by atoms with Crippen LogP contribution in [0.2, 0.25) is 0 Å². The number of carbonyl (C=O) groups excluding carboxylic acids is 1. The van der Waals surface area contributed by atoms with Crippen LogP contribution in [0.1, 0.15) is 12.5 Å². The number of rotatable bonds is 7. The van der Waals surface area contributed by atoms with Crippen molar-refractivity contribution >= 4 is 6.03 Å². The monoisotopic (exact) mass is 386 g/mol. The normalized spacial score (nSPS) is 12.2. The summed E-state index contributed by atoms with van der Waals surface area (Å²) in [4.78, 5) is 11.9. The van der Waals surface area contributed by atoms with Crippen LogP contribution in [0.3, 0.4) is 0 Å². The summed E-state index contributed by atoms with van der Waals surface area (Å²) < 4.78 is 59.8. The lowest BCUT2D eigenvalue weighted by Crippen LogP contribution is -2.43. The van der Waals surface area contributed by atoms with Crippen LogP contribution < -0.4 is 20.1 Å². The van der Waals surface area contributed by atoms with Crippen molar-refractivity contribution in [1.29, 1.82) is 0 Å². The maximum Gasteiger partial charge on any atom is 0.573 e. The molecular weight excluding hydrogens is 368 g/mol. The third-order valence-electron chi connectivity index (χ3n) is 3.34. The minimum absolute atomic E-state index is 0.0160. The van der Waals surface area contributed by atoms with Gasteiger partial charge >= 0.3 is 12.4 Å². The van der Waals surface area contributed by atoms with Gasteiger partial charge < -0.3 is 20.1 Å². The fraction of sp³-hybridized carbons (Fsp3) is 0.278. The molecule has 0 aromatic heterocycles. The SMILES string of the molecule is CC(COc1ccccc1F)NC(=O)NCc1ccccc1OC(F)(F)F. The molecule has 0 aliphatic rings. The molecule has 146 valence electrons. The first-order chi connectivity index (χ1) is 12.7. The molecule has 1 unspecified atom stereocenters. The summed E-state index contributed by atoms with van der Waals surface area (Å²) in [6.07, 6.45) is -4.82. The number of para-hydroxylation sites is 2. The van der Waals surface area contributed by atoms with E-state index in [1.807, 2.05) is 0 Å². The van der Waals surface area contributed by atoms with Gasteiger partial charge in [-0.25, -0.2) is 9.18 Å². The van der Waals surface area contributed by atoms with Crippen LogP contribution in [0, 0.1) is 5.82 Å².